The molecule has 34 heavy (non-hydrogen) atoms. The molecule has 1 aromatic heterocycles. The number of hydrogen-bond donors (Lipinski definition) is 0. The molecule has 1 heterocycles. The van der Waals surface area contributed by atoms with Crippen LogP contribution in [0.2, 0.25) is 0 Å². The molecule has 0 saturated heterocycles. The summed E-state index contributed by atoms with van der Waals surface area (Å²) in [6.45, 7) is 3.71. The van der Waals surface area contributed by atoms with Crippen LogP contribution in [-0.4, -0.2) is 30.7 Å². The van der Waals surface area contributed by atoms with E-state index in [0.29, 0.717) is 16.5 Å². The highest BCUT2D eigenvalue weighted by Gasteiger charge is 2.26. The number of benzene rings is 3. The topological polar surface area (TPSA) is 120 Å². The Morgan fingerprint density at radius 2 is 1.76 bits per heavy atom. The lowest BCUT2D eigenvalue weighted by Crippen LogP contribution is -2.30. The third kappa shape index (κ3) is 4.25. The summed E-state index contributed by atoms with van der Waals surface area (Å²) in [6, 6.07) is 15.9. The largest absolute Gasteiger partial charge is 0.482 e. The van der Waals surface area contributed by atoms with Crippen LogP contribution in [0.1, 0.15) is 19.4 Å². The highest BCUT2D eigenvalue weighted by Crippen LogP contribution is 2.33. The minimum Gasteiger partial charge on any atom is -0.482 e. The van der Waals surface area contributed by atoms with Crippen molar-refractivity contribution in [3.8, 4) is 5.75 Å². The first-order valence-electron chi connectivity index (χ1n) is 10.6. The number of rotatable bonds is 8. The molecule has 0 amide bonds. The van der Waals surface area contributed by atoms with Crippen molar-refractivity contribution in [3.05, 3.63) is 86.8 Å². The van der Waals surface area contributed by atoms with Crippen LogP contribution in [0.3, 0.4) is 0 Å². The molecule has 0 spiro atoms. The second-order valence-corrected chi connectivity index (χ2v) is 9.45. The molecule has 0 aliphatic carbocycles. The molecule has 4 aromatic rings. The van der Waals surface area contributed by atoms with Crippen molar-refractivity contribution >= 4 is 37.5 Å². The molecule has 0 bridgehead atoms. The maximum absolute atomic E-state index is 12.8. The van der Waals surface area contributed by atoms with Gasteiger partial charge in [-0.1, -0.05) is 44.2 Å². The van der Waals surface area contributed by atoms with Gasteiger partial charge in [0.05, 0.1) is 9.82 Å². The first-order chi connectivity index (χ1) is 16.3. The van der Waals surface area contributed by atoms with Gasteiger partial charge in [-0.25, -0.2) is 13.2 Å². The van der Waals surface area contributed by atoms with E-state index in [1.165, 1.54) is 22.5 Å². The maximum atomic E-state index is 12.8. The highest BCUT2D eigenvalue weighted by molar-refractivity contribution is 7.89. The first-order valence-corrected chi connectivity index (χ1v) is 12.1. The number of hydrogen-bond acceptors (Lipinski definition) is 7. The summed E-state index contributed by atoms with van der Waals surface area (Å²) in [5.41, 5.74) is -0.181. The van der Waals surface area contributed by atoms with Crippen LogP contribution in [0.15, 0.2) is 74.8 Å². The molecule has 0 fully saturated rings. The van der Waals surface area contributed by atoms with E-state index in [4.69, 9.17) is 9.15 Å². The summed E-state index contributed by atoms with van der Waals surface area (Å²) in [5, 5.41) is 14.2. The Hall–Kier alpha value is -3.76. The third-order valence-corrected chi connectivity index (χ3v) is 7.61. The molecule has 0 atom stereocenters. The number of fused-ring (bicyclic) bond motifs is 3. The first kappa shape index (κ1) is 23.4. The normalized spacial score (nSPS) is 11.9. The molecule has 176 valence electrons. The van der Waals surface area contributed by atoms with Crippen LogP contribution in [0.25, 0.3) is 21.7 Å². The van der Waals surface area contributed by atoms with Gasteiger partial charge in [-0.15, -0.1) is 0 Å². The molecular formula is C24H22N2O7S. The van der Waals surface area contributed by atoms with Crippen molar-refractivity contribution < 1.29 is 22.5 Å². The zero-order valence-electron chi connectivity index (χ0n) is 18.6. The average molecular weight is 483 g/mol. The standard InChI is InChI=1S/C24H22N2O7S/c1-3-25(4-2)34(30,31)18-10-12-21(20(14-18)26(28)29)32-15-17-13-23(27)33-22-11-9-16-7-5-6-8-19(16)24(17)22/h5-14H,3-4,15H2,1-2H3. The van der Waals surface area contributed by atoms with Gasteiger partial charge in [0.2, 0.25) is 10.0 Å². The van der Waals surface area contributed by atoms with Gasteiger partial charge >= 0.3 is 11.3 Å². The Labute approximate surface area is 195 Å². The van der Waals surface area contributed by atoms with Gasteiger partial charge in [0.15, 0.2) is 5.75 Å². The summed E-state index contributed by atoms with van der Waals surface area (Å²) in [5.74, 6) is -0.106. The number of nitro groups is 1. The lowest BCUT2D eigenvalue weighted by Gasteiger charge is -2.18. The molecule has 3 aromatic carbocycles. The van der Waals surface area contributed by atoms with E-state index in [0.717, 1.165) is 16.8 Å². The predicted octanol–water partition coefficient (Wildman–Crippen LogP) is 4.46. The number of ether oxygens (including phenoxy) is 1. The summed E-state index contributed by atoms with van der Waals surface area (Å²) in [6.07, 6.45) is 0. The zero-order valence-corrected chi connectivity index (χ0v) is 19.4. The van der Waals surface area contributed by atoms with Gasteiger partial charge in [0.1, 0.15) is 12.2 Å². The van der Waals surface area contributed by atoms with Crippen molar-refractivity contribution in [2.75, 3.05) is 13.1 Å². The SMILES string of the molecule is CCN(CC)S(=O)(=O)c1ccc(OCc2cc(=O)oc3ccc4ccccc4c23)c([N+](=O)[O-])c1. The zero-order chi connectivity index (χ0) is 24.5. The minimum absolute atomic E-state index is 0.106. The Morgan fingerprint density at radius 3 is 2.47 bits per heavy atom. The monoisotopic (exact) mass is 482 g/mol. The van der Waals surface area contributed by atoms with Crippen LogP contribution in [0.5, 0.6) is 5.75 Å². The Balaban J connectivity index is 1.75. The van der Waals surface area contributed by atoms with Crippen molar-refractivity contribution in [2.45, 2.75) is 25.3 Å². The lowest BCUT2D eigenvalue weighted by molar-refractivity contribution is -0.386. The van der Waals surface area contributed by atoms with Crippen molar-refractivity contribution in [1.29, 1.82) is 0 Å². The second kappa shape index (κ2) is 9.24. The average Bonchev–Trinajstić information content (AvgIpc) is 2.82. The summed E-state index contributed by atoms with van der Waals surface area (Å²) < 4.78 is 37.9. The van der Waals surface area contributed by atoms with Crippen molar-refractivity contribution in [3.63, 3.8) is 0 Å². The Bertz CT molecular complexity index is 1560. The fourth-order valence-corrected chi connectivity index (χ4v) is 5.40. The van der Waals surface area contributed by atoms with Gasteiger partial charge < -0.3 is 9.15 Å². The van der Waals surface area contributed by atoms with E-state index in [-0.39, 0.29) is 30.3 Å². The Kier molecular flexibility index (Phi) is 6.36. The molecule has 4 rings (SSSR count). The van der Waals surface area contributed by atoms with Gasteiger partial charge in [-0.3, -0.25) is 10.1 Å². The van der Waals surface area contributed by atoms with Crippen LogP contribution in [0.4, 0.5) is 5.69 Å². The highest BCUT2D eigenvalue weighted by atomic mass is 32.2. The summed E-state index contributed by atoms with van der Waals surface area (Å²) in [4.78, 5) is 22.9. The maximum Gasteiger partial charge on any atom is 0.336 e. The smallest absolute Gasteiger partial charge is 0.336 e. The predicted molar refractivity (Wildman–Crippen MR) is 128 cm³/mol. The molecule has 10 heteroatoms. The van der Waals surface area contributed by atoms with E-state index < -0.39 is 26.3 Å². The molecule has 0 radical (unpaired) electrons. The molecule has 0 unspecified atom stereocenters. The van der Waals surface area contributed by atoms with Crippen LogP contribution >= 0.6 is 0 Å². The number of nitrogens with zero attached hydrogens (tertiary/aromatic N) is 2. The van der Waals surface area contributed by atoms with E-state index >= 15 is 0 Å². The molecule has 0 aliphatic heterocycles. The number of nitro benzene ring substituents is 1. The lowest BCUT2D eigenvalue weighted by atomic mass is 10.0. The van der Waals surface area contributed by atoms with Crippen LogP contribution in [-0.2, 0) is 16.6 Å². The molecule has 0 N–H and O–H groups in total. The van der Waals surface area contributed by atoms with Crippen molar-refractivity contribution in [2.24, 2.45) is 0 Å². The van der Waals surface area contributed by atoms with Gasteiger partial charge in [-0.05, 0) is 29.0 Å². The second-order valence-electron chi connectivity index (χ2n) is 7.52. The van der Waals surface area contributed by atoms with Gasteiger partial charge in [0, 0.05) is 36.2 Å². The molecule has 0 saturated carbocycles. The van der Waals surface area contributed by atoms with E-state index in [9.17, 15) is 23.3 Å². The van der Waals surface area contributed by atoms with Crippen molar-refractivity contribution in [1.82, 2.24) is 4.31 Å². The quantitative estimate of drug-likeness (QED) is 0.157. The molecule has 9 nitrogen and oxygen atoms in total. The van der Waals surface area contributed by atoms with E-state index in [1.807, 2.05) is 30.3 Å². The van der Waals surface area contributed by atoms with E-state index in [1.54, 1.807) is 19.9 Å². The number of sulfonamides is 1. The fourth-order valence-electron chi connectivity index (χ4n) is 3.92. The fraction of sp³-hybridized carbons (Fsp3) is 0.208. The minimum atomic E-state index is -3.88. The third-order valence-electron chi connectivity index (χ3n) is 5.57. The summed E-state index contributed by atoms with van der Waals surface area (Å²) >= 11 is 0. The van der Waals surface area contributed by atoms with Gasteiger partial charge in [0.25, 0.3) is 0 Å². The van der Waals surface area contributed by atoms with E-state index in [2.05, 4.69) is 0 Å². The molecule has 0 aliphatic rings. The summed E-state index contributed by atoms with van der Waals surface area (Å²) in [7, 11) is -3.88. The van der Waals surface area contributed by atoms with Crippen LogP contribution < -0.4 is 10.4 Å². The van der Waals surface area contributed by atoms with Crippen LogP contribution in [0, 0.1) is 10.1 Å². The molecular weight excluding hydrogens is 460 g/mol. The Morgan fingerprint density at radius 1 is 1.03 bits per heavy atom. The van der Waals surface area contributed by atoms with Gasteiger partial charge in [-0.2, -0.15) is 4.31 Å².